The zero-order chi connectivity index (χ0) is 24.3. The second kappa shape index (κ2) is 10.0. The third kappa shape index (κ3) is 5.42. The van der Waals surface area contributed by atoms with E-state index in [9.17, 15) is 22.8 Å². The Hall–Kier alpha value is -2.78. The molecule has 1 amide bonds. The minimum Gasteiger partial charge on any atom is -0.469 e. The summed E-state index contributed by atoms with van der Waals surface area (Å²) in [6.45, 7) is 0.750. The largest absolute Gasteiger partial charge is 0.469 e. The summed E-state index contributed by atoms with van der Waals surface area (Å²) in [5.74, 6) is -1.68. The van der Waals surface area contributed by atoms with E-state index < -0.39 is 23.2 Å². The van der Waals surface area contributed by atoms with Crippen LogP contribution >= 0.6 is 23.2 Å². The number of esters is 1. The number of nitrogens with zero attached hydrogens (tertiary/aromatic N) is 1. The Morgan fingerprint density at radius 3 is 2.21 bits per heavy atom. The molecule has 2 aromatic rings. The molecule has 0 bridgehead atoms. The molecule has 176 valence electrons. The highest BCUT2D eigenvalue weighted by Crippen LogP contribution is 2.36. The van der Waals surface area contributed by atoms with Gasteiger partial charge in [0.25, 0.3) is 5.91 Å². The molecule has 11 heteroatoms. The van der Waals surface area contributed by atoms with E-state index in [2.05, 4.69) is 5.32 Å². The van der Waals surface area contributed by atoms with Gasteiger partial charge in [-0.25, -0.2) is 0 Å². The number of amides is 1. The van der Waals surface area contributed by atoms with Gasteiger partial charge in [0.15, 0.2) is 0 Å². The van der Waals surface area contributed by atoms with Gasteiger partial charge < -0.3 is 15.0 Å². The number of piperidine rings is 1. The van der Waals surface area contributed by atoms with Crippen molar-refractivity contribution in [1.29, 1.82) is 5.41 Å². The summed E-state index contributed by atoms with van der Waals surface area (Å²) in [5.41, 5.74) is -1.66. The predicted molar refractivity (Wildman–Crippen MR) is 119 cm³/mol. The van der Waals surface area contributed by atoms with Crippen molar-refractivity contribution < 1.29 is 27.5 Å². The summed E-state index contributed by atoms with van der Waals surface area (Å²) in [6, 6.07) is 7.54. The van der Waals surface area contributed by atoms with Gasteiger partial charge in [0.05, 0.1) is 45.5 Å². The zero-order valence-corrected chi connectivity index (χ0v) is 18.9. The number of anilines is 1. The van der Waals surface area contributed by atoms with Crippen molar-refractivity contribution in [3.63, 3.8) is 0 Å². The van der Waals surface area contributed by atoms with E-state index in [1.807, 2.05) is 0 Å². The van der Waals surface area contributed by atoms with Gasteiger partial charge in [0.1, 0.15) is 5.84 Å². The van der Waals surface area contributed by atoms with Crippen LogP contribution in [-0.4, -0.2) is 42.8 Å². The summed E-state index contributed by atoms with van der Waals surface area (Å²) in [4.78, 5) is 26.3. The van der Waals surface area contributed by atoms with Crippen LogP contribution in [0.1, 0.15) is 34.3 Å². The van der Waals surface area contributed by atoms with Crippen molar-refractivity contribution in [3.8, 4) is 0 Å². The van der Waals surface area contributed by atoms with Crippen LogP contribution < -0.4 is 5.32 Å². The highest BCUT2D eigenvalue weighted by atomic mass is 35.5. The van der Waals surface area contributed by atoms with Gasteiger partial charge in [-0.05, 0) is 37.1 Å². The van der Waals surface area contributed by atoms with Crippen LogP contribution in [0.15, 0.2) is 36.4 Å². The number of amidine groups is 1. The van der Waals surface area contributed by atoms with Gasteiger partial charge in [0.2, 0.25) is 0 Å². The number of hydrogen-bond acceptors (Lipinski definition) is 4. The summed E-state index contributed by atoms with van der Waals surface area (Å²) in [7, 11) is 1.32. The molecule has 0 spiro atoms. The summed E-state index contributed by atoms with van der Waals surface area (Å²) in [6.07, 6.45) is -3.85. The lowest BCUT2D eigenvalue weighted by molar-refractivity contribution is -0.146. The molecule has 33 heavy (non-hydrogen) atoms. The molecule has 0 aliphatic carbocycles. The van der Waals surface area contributed by atoms with Gasteiger partial charge in [-0.15, -0.1) is 0 Å². The molecule has 1 aliphatic rings. The number of carbonyl (C=O) groups is 2. The first kappa shape index (κ1) is 24.9. The molecule has 0 saturated carbocycles. The van der Waals surface area contributed by atoms with Gasteiger partial charge in [-0.1, -0.05) is 35.3 Å². The fraction of sp³-hybridized carbons (Fsp3) is 0.318. The normalized spacial score (nSPS) is 14.7. The number of methoxy groups -OCH3 is 1. The minimum absolute atomic E-state index is 0.0191. The number of alkyl halides is 3. The number of ether oxygens (including phenoxy) is 1. The maximum absolute atomic E-state index is 13.4. The Morgan fingerprint density at radius 1 is 1.06 bits per heavy atom. The Labute approximate surface area is 198 Å². The number of nitrogens with one attached hydrogen (secondary N) is 2. The van der Waals surface area contributed by atoms with E-state index in [-0.39, 0.29) is 39.0 Å². The van der Waals surface area contributed by atoms with Crippen molar-refractivity contribution in [2.24, 2.45) is 5.92 Å². The Balaban J connectivity index is 1.88. The van der Waals surface area contributed by atoms with Crippen molar-refractivity contribution >= 4 is 46.6 Å². The number of likely N-dealkylation sites (tertiary alicyclic amines) is 1. The van der Waals surface area contributed by atoms with Crippen molar-refractivity contribution in [1.82, 2.24) is 4.90 Å². The van der Waals surface area contributed by atoms with E-state index in [1.165, 1.54) is 31.4 Å². The van der Waals surface area contributed by atoms with E-state index in [0.717, 1.165) is 12.1 Å². The maximum atomic E-state index is 13.4. The van der Waals surface area contributed by atoms with Gasteiger partial charge in [-0.3, -0.25) is 15.0 Å². The van der Waals surface area contributed by atoms with Crippen molar-refractivity contribution in [3.05, 3.63) is 63.1 Å². The molecule has 2 aromatic carbocycles. The molecule has 6 nitrogen and oxygen atoms in total. The molecular weight excluding hydrogens is 482 g/mol. The first-order valence-electron chi connectivity index (χ1n) is 9.91. The van der Waals surface area contributed by atoms with E-state index in [1.54, 1.807) is 4.90 Å². The molecule has 1 heterocycles. The summed E-state index contributed by atoms with van der Waals surface area (Å²) >= 11 is 12.2. The van der Waals surface area contributed by atoms with E-state index in [0.29, 0.717) is 25.9 Å². The lowest BCUT2D eigenvalue weighted by Crippen LogP contribution is -2.41. The SMILES string of the molecule is COC(=O)C1CCN(C(=N)c2c(Cl)cccc2NC(=O)c2c(Cl)cccc2C(F)(F)F)CC1. The molecule has 0 unspecified atom stereocenters. The van der Waals surface area contributed by atoms with Crippen LogP contribution in [0.5, 0.6) is 0 Å². The zero-order valence-electron chi connectivity index (χ0n) is 17.4. The molecule has 1 fully saturated rings. The average Bonchev–Trinajstić information content (AvgIpc) is 2.77. The summed E-state index contributed by atoms with van der Waals surface area (Å²) < 4.78 is 45.0. The second-order valence-corrected chi connectivity index (χ2v) is 8.22. The molecule has 0 atom stereocenters. The minimum atomic E-state index is -4.79. The van der Waals surface area contributed by atoms with Crippen molar-refractivity contribution in [2.75, 3.05) is 25.5 Å². The van der Waals surface area contributed by atoms with Crippen LogP contribution in [0.4, 0.5) is 18.9 Å². The highest BCUT2D eigenvalue weighted by Gasteiger charge is 2.36. The van der Waals surface area contributed by atoms with Gasteiger partial charge in [0, 0.05) is 13.1 Å². The van der Waals surface area contributed by atoms with Gasteiger partial charge >= 0.3 is 12.1 Å². The van der Waals surface area contributed by atoms with Crippen LogP contribution in [0.3, 0.4) is 0 Å². The molecule has 0 radical (unpaired) electrons. The quantitative estimate of drug-likeness (QED) is 0.330. The molecular formula is C22H20Cl2F3N3O3. The monoisotopic (exact) mass is 501 g/mol. The second-order valence-electron chi connectivity index (χ2n) is 7.41. The van der Waals surface area contributed by atoms with E-state index in [4.69, 9.17) is 33.3 Å². The lowest BCUT2D eigenvalue weighted by Gasteiger charge is -2.33. The molecule has 3 rings (SSSR count). The highest BCUT2D eigenvalue weighted by molar-refractivity contribution is 6.36. The fourth-order valence-corrected chi connectivity index (χ4v) is 4.23. The van der Waals surface area contributed by atoms with Crippen LogP contribution in [0, 0.1) is 11.3 Å². The first-order chi connectivity index (χ1) is 15.5. The number of rotatable bonds is 4. The number of carbonyl (C=O) groups excluding carboxylic acids is 2. The third-order valence-corrected chi connectivity index (χ3v) is 6.02. The Morgan fingerprint density at radius 2 is 1.64 bits per heavy atom. The Bertz CT molecular complexity index is 1080. The van der Waals surface area contributed by atoms with E-state index >= 15 is 0 Å². The predicted octanol–water partition coefficient (Wildman–Crippen LogP) is 5.47. The first-order valence-corrected chi connectivity index (χ1v) is 10.7. The average molecular weight is 502 g/mol. The summed E-state index contributed by atoms with van der Waals surface area (Å²) in [5, 5.41) is 10.8. The molecule has 1 aliphatic heterocycles. The topological polar surface area (TPSA) is 82.5 Å². The smallest absolute Gasteiger partial charge is 0.417 e. The fourth-order valence-electron chi connectivity index (χ4n) is 3.71. The molecule has 1 saturated heterocycles. The number of benzene rings is 2. The Kier molecular flexibility index (Phi) is 7.54. The lowest BCUT2D eigenvalue weighted by atomic mass is 9.96. The molecule has 2 N–H and O–H groups in total. The number of hydrogen-bond donors (Lipinski definition) is 2. The van der Waals surface area contributed by atoms with Crippen molar-refractivity contribution in [2.45, 2.75) is 19.0 Å². The third-order valence-electron chi connectivity index (χ3n) is 5.39. The van der Waals surface area contributed by atoms with Gasteiger partial charge in [-0.2, -0.15) is 13.2 Å². The van der Waals surface area contributed by atoms with Crippen LogP contribution in [0.2, 0.25) is 10.0 Å². The standard InChI is InChI=1S/C22H20Cl2F3N3O3/c1-33-21(32)12-8-10-30(11-9-12)19(28)18-15(24)6-3-7-16(18)29-20(31)17-13(22(25,26)27)4-2-5-14(17)23/h2-7,12,28H,8-11H2,1H3,(H,29,31). The number of halogens is 5. The van der Waals surface area contributed by atoms with Crippen LogP contribution in [-0.2, 0) is 15.7 Å². The van der Waals surface area contributed by atoms with Crippen LogP contribution in [0.25, 0.3) is 0 Å². The maximum Gasteiger partial charge on any atom is 0.417 e. The molecule has 0 aromatic heterocycles.